The van der Waals surface area contributed by atoms with E-state index in [1.165, 1.54) is 0 Å². The maximum absolute atomic E-state index is 13.0. The Kier molecular flexibility index (Phi) is 4.53. The molecule has 0 radical (unpaired) electrons. The number of carbonyl (C=O) groups is 1. The number of halogens is 5. The Morgan fingerprint density at radius 1 is 1.39 bits per heavy atom. The van der Waals surface area contributed by atoms with Gasteiger partial charge in [0.15, 0.2) is 0 Å². The second-order valence-electron chi connectivity index (χ2n) is 3.47. The highest BCUT2D eigenvalue weighted by Gasteiger charge is 2.30. The van der Waals surface area contributed by atoms with Gasteiger partial charge in [-0.1, -0.05) is 11.6 Å². The van der Waals surface area contributed by atoms with Gasteiger partial charge in [0.05, 0.1) is 6.54 Å². The molecule has 1 aromatic rings. The zero-order chi connectivity index (χ0) is 13.9. The van der Waals surface area contributed by atoms with Gasteiger partial charge in [0.2, 0.25) is 0 Å². The summed E-state index contributed by atoms with van der Waals surface area (Å²) in [5.41, 5.74) is -0.184. The molecule has 18 heavy (non-hydrogen) atoms. The molecule has 0 fully saturated rings. The summed E-state index contributed by atoms with van der Waals surface area (Å²) < 4.78 is 49.0. The minimum absolute atomic E-state index is 0.0925. The molecular weight excluding hydrogens is 278 g/mol. The van der Waals surface area contributed by atoms with Crippen LogP contribution in [-0.2, 0) is 4.79 Å². The fraction of sp³-hybridized carbons (Fsp3) is 0.300. The van der Waals surface area contributed by atoms with Gasteiger partial charge >= 0.3 is 12.1 Å². The van der Waals surface area contributed by atoms with Gasteiger partial charge in [-0.3, -0.25) is 10.1 Å². The van der Waals surface area contributed by atoms with Crippen molar-refractivity contribution in [2.75, 3.05) is 6.54 Å². The van der Waals surface area contributed by atoms with E-state index in [1.807, 2.05) is 0 Å². The number of carboxylic acids is 1. The Hall–Kier alpha value is -1.34. The molecule has 0 aliphatic heterocycles. The van der Waals surface area contributed by atoms with E-state index >= 15 is 0 Å². The first kappa shape index (κ1) is 14.7. The van der Waals surface area contributed by atoms with Crippen molar-refractivity contribution in [2.24, 2.45) is 0 Å². The maximum Gasteiger partial charge on any atom is 0.401 e. The molecule has 0 aliphatic carbocycles. The van der Waals surface area contributed by atoms with E-state index in [9.17, 15) is 22.4 Å². The van der Waals surface area contributed by atoms with Gasteiger partial charge in [0.25, 0.3) is 0 Å². The average molecular weight is 286 g/mol. The van der Waals surface area contributed by atoms with Gasteiger partial charge in [0.1, 0.15) is 11.9 Å². The zero-order valence-electron chi connectivity index (χ0n) is 8.76. The first-order valence-corrected chi connectivity index (χ1v) is 5.06. The van der Waals surface area contributed by atoms with Crippen molar-refractivity contribution < 1.29 is 27.5 Å². The van der Waals surface area contributed by atoms with E-state index in [2.05, 4.69) is 0 Å². The van der Waals surface area contributed by atoms with Gasteiger partial charge in [-0.15, -0.1) is 0 Å². The van der Waals surface area contributed by atoms with Crippen molar-refractivity contribution in [3.63, 3.8) is 0 Å². The molecule has 3 nitrogen and oxygen atoms in total. The number of aliphatic carboxylic acids is 1. The van der Waals surface area contributed by atoms with Crippen LogP contribution in [0.4, 0.5) is 17.6 Å². The van der Waals surface area contributed by atoms with Crippen molar-refractivity contribution in [1.29, 1.82) is 0 Å². The van der Waals surface area contributed by atoms with Crippen LogP contribution >= 0.6 is 11.6 Å². The minimum atomic E-state index is -4.56. The highest BCUT2D eigenvalue weighted by molar-refractivity contribution is 6.30. The van der Waals surface area contributed by atoms with Crippen molar-refractivity contribution in [3.05, 3.63) is 34.6 Å². The average Bonchev–Trinajstić information content (AvgIpc) is 2.13. The van der Waals surface area contributed by atoms with E-state index in [0.29, 0.717) is 0 Å². The molecule has 0 aromatic heterocycles. The zero-order valence-corrected chi connectivity index (χ0v) is 9.52. The molecule has 0 bridgehead atoms. The summed E-state index contributed by atoms with van der Waals surface area (Å²) in [5.74, 6) is -2.38. The maximum atomic E-state index is 13.0. The highest BCUT2D eigenvalue weighted by Crippen LogP contribution is 2.22. The SMILES string of the molecule is O=C(O)C(NCC(F)(F)F)c1cc(F)cc(Cl)c1. The molecule has 1 unspecified atom stereocenters. The van der Waals surface area contributed by atoms with Crippen LogP contribution in [0.25, 0.3) is 0 Å². The van der Waals surface area contributed by atoms with Crippen LogP contribution in [0.3, 0.4) is 0 Å². The lowest BCUT2D eigenvalue weighted by Gasteiger charge is -2.16. The molecule has 0 saturated heterocycles. The summed E-state index contributed by atoms with van der Waals surface area (Å²) in [6.45, 7) is -1.50. The second-order valence-corrected chi connectivity index (χ2v) is 3.91. The number of rotatable bonds is 4. The Bertz CT molecular complexity index is 430. The van der Waals surface area contributed by atoms with E-state index in [1.54, 1.807) is 5.32 Å². The Balaban J connectivity index is 2.94. The number of hydrogen-bond acceptors (Lipinski definition) is 2. The molecule has 0 amide bonds. The van der Waals surface area contributed by atoms with Crippen molar-refractivity contribution >= 4 is 17.6 Å². The highest BCUT2D eigenvalue weighted by atomic mass is 35.5. The fourth-order valence-electron chi connectivity index (χ4n) is 1.31. The Morgan fingerprint density at radius 2 is 2.00 bits per heavy atom. The van der Waals surface area contributed by atoms with Crippen LogP contribution in [0.15, 0.2) is 18.2 Å². The lowest BCUT2D eigenvalue weighted by atomic mass is 10.1. The minimum Gasteiger partial charge on any atom is -0.480 e. The topological polar surface area (TPSA) is 49.3 Å². The Morgan fingerprint density at radius 3 is 2.44 bits per heavy atom. The standard InChI is InChI=1S/C10H8ClF4NO2/c11-6-1-5(2-7(12)3-6)8(9(17)18)16-4-10(13,14)15/h1-3,8,16H,4H2,(H,17,18). The van der Waals surface area contributed by atoms with Crippen molar-refractivity contribution in [1.82, 2.24) is 5.32 Å². The number of nitrogens with one attached hydrogen (secondary N) is 1. The van der Waals surface area contributed by atoms with Crippen LogP contribution < -0.4 is 5.32 Å². The Labute approximate surface area is 104 Å². The molecule has 0 saturated carbocycles. The van der Waals surface area contributed by atoms with E-state index in [-0.39, 0.29) is 10.6 Å². The summed E-state index contributed by atoms with van der Waals surface area (Å²) in [6.07, 6.45) is -4.56. The predicted molar refractivity (Wildman–Crippen MR) is 55.8 cm³/mol. The smallest absolute Gasteiger partial charge is 0.401 e. The summed E-state index contributed by atoms with van der Waals surface area (Å²) in [6, 6.07) is 1.15. The summed E-state index contributed by atoms with van der Waals surface area (Å²) in [7, 11) is 0. The van der Waals surface area contributed by atoms with Gasteiger partial charge in [-0.25, -0.2) is 4.39 Å². The molecule has 1 atom stereocenters. The normalized spacial score (nSPS) is 13.4. The second kappa shape index (κ2) is 5.53. The van der Waals surface area contributed by atoms with E-state index in [4.69, 9.17) is 16.7 Å². The molecule has 1 rings (SSSR count). The van der Waals surface area contributed by atoms with Gasteiger partial charge < -0.3 is 5.11 Å². The first-order valence-electron chi connectivity index (χ1n) is 4.68. The predicted octanol–water partition coefficient (Wildman–Crippen LogP) is 2.76. The first-order chi connectivity index (χ1) is 8.19. The van der Waals surface area contributed by atoms with E-state index in [0.717, 1.165) is 18.2 Å². The third-order valence-electron chi connectivity index (χ3n) is 1.97. The van der Waals surface area contributed by atoms with Crippen LogP contribution in [0, 0.1) is 5.82 Å². The fourth-order valence-corrected chi connectivity index (χ4v) is 1.54. The lowest BCUT2D eigenvalue weighted by molar-refractivity contribution is -0.143. The summed E-state index contributed by atoms with van der Waals surface area (Å²) >= 11 is 5.51. The molecule has 0 spiro atoms. The lowest BCUT2D eigenvalue weighted by Crippen LogP contribution is -2.36. The number of benzene rings is 1. The monoisotopic (exact) mass is 285 g/mol. The quantitative estimate of drug-likeness (QED) is 0.836. The van der Waals surface area contributed by atoms with Gasteiger partial charge in [-0.05, 0) is 23.8 Å². The molecule has 8 heteroatoms. The summed E-state index contributed by atoms with van der Waals surface area (Å²) in [5, 5.41) is 10.5. The molecule has 0 aliphatic rings. The van der Waals surface area contributed by atoms with Crippen LogP contribution in [0.5, 0.6) is 0 Å². The van der Waals surface area contributed by atoms with E-state index < -0.39 is 30.5 Å². The van der Waals surface area contributed by atoms with Crippen molar-refractivity contribution in [2.45, 2.75) is 12.2 Å². The summed E-state index contributed by atoms with van der Waals surface area (Å²) in [4.78, 5) is 10.8. The molecule has 0 heterocycles. The molecular formula is C10H8ClF4NO2. The largest absolute Gasteiger partial charge is 0.480 e. The molecule has 100 valence electrons. The van der Waals surface area contributed by atoms with Crippen molar-refractivity contribution in [3.8, 4) is 0 Å². The van der Waals surface area contributed by atoms with Crippen LogP contribution in [0.1, 0.15) is 11.6 Å². The third kappa shape index (κ3) is 4.50. The van der Waals surface area contributed by atoms with Crippen LogP contribution in [0.2, 0.25) is 5.02 Å². The van der Waals surface area contributed by atoms with Gasteiger partial charge in [-0.2, -0.15) is 13.2 Å². The number of carboxylic acid groups (broad SMARTS) is 1. The molecule has 2 N–H and O–H groups in total. The van der Waals surface area contributed by atoms with Crippen LogP contribution in [-0.4, -0.2) is 23.8 Å². The van der Waals surface area contributed by atoms with Gasteiger partial charge in [0, 0.05) is 5.02 Å². The number of hydrogen-bond donors (Lipinski definition) is 2. The third-order valence-corrected chi connectivity index (χ3v) is 2.19. The number of alkyl halides is 3. The molecule has 1 aromatic carbocycles.